The lowest BCUT2D eigenvalue weighted by atomic mass is 10.1. The molecule has 2 heterocycles. The average Bonchev–Trinajstić information content (AvgIpc) is 2.97. The van der Waals surface area contributed by atoms with Gasteiger partial charge in [0.1, 0.15) is 5.69 Å². The summed E-state index contributed by atoms with van der Waals surface area (Å²) in [5.41, 5.74) is 0.999. The van der Waals surface area contributed by atoms with Crippen molar-refractivity contribution < 1.29 is 9.36 Å². The van der Waals surface area contributed by atoms with Gasteiger partial charge in [-0.15, -0.1) is 0 Å². The van der Waals surface area contributed by atoms with Crippen LogP contribution in [0.25, 0.3) is 22.2 Å². The monoisotopic (exact) mass is 435 g/mol. The number of aromatic amines is 1. The molecular weight excluding hydrogens is 424 g/mol. The van der Waals surface area contributed by atoms with E-state index in [1.165, 1.54) is 11.6 Å². The number of rotatable bonds is 2. The summed E-state index contributed by atoms with van der Waals surface area (Å²) in [4.78, 5) is 38.7. The molecule has 7 nitrogen and oxygen atoms in total. The van der Waals surface area contributed by atoms with Crippen LogP contribution in [0.1, 0.15) is 10.5 Å². The van der Waals surface area contributed by atoms with Gasteiger partial charge in [-0.3, -0.25) is 23.3 Å². The van der Waals surface area contributed by atoms with Crippen molar-refractivity contribution in [3.05, 3.63) is 56.9 Å². The van der Waals surface area contributed by atoms with Gasteiger partial charge in [0.2, 0.25) is 0 Å². The van der Waals surface area contributed by atoms with Gasteiger partial charge in [0, 0.05) is 14.1 Å². The smallest absolute Gasteiger partial charge is 0.339 e. The van der Waals surface area contributed by atoms with E-state index in [0.717, 1.165) is 10.1 Å². The highest BCUT2D eigenvalue weighted by molar-refractivity contribution is 8.24. The number of aromatic nitrogens is 3. The highest BCUT2D eigenvalue weighted by Crippen LogP contribution is 2.61. The van der Waals surface area contributed by atoms with Gasteiger partial charge in [0.05, 0.1) is 16.6 Å². The van der Waals surface area contributed by atoms with Gasteiger partial charge in [-0.1, -0.05) is 30.3 Å². The van der Waals surface area contributed by atoms with E-state index in [-0.39, 0.29) is 5.69 Å². The zero-order chi connectivity index (χ0) is 19.6. The second-order valence-corrected chi connectivity index (χ2v) is 11.9. The van der Waals surface area contributed by atoms with Gasteiger partial charge in [0.25, 0.3) is 5.56 Å². The van der Waals surface area contributed by atoms with E-state index in [9.17, 15) is 18.9 Å². The Balaban J connectivity index is 0.000000431. The Kier molecular flexibility index (Phi) is 6.19. The summed E-state index contributed by atoms with van der Waals surface area (Å²) < 4.78 is 11.9. The van der Waals surface area contributed by atoms with Gasteiger partial charge in [0.15, 0.2) is 6.29 Å². The van der Waals surface area contributed by atoms with Crippen LogP contribution >= 0.6 is 38.9 Å². The number of H-pyrrole nitrogens is 1. The first kappa shape index (κ1) is 20.5. The minimum Gasteiger partial charge on any atom is -0.350 e. The zero-order valence-electron chi connectivity index (χ0n) is 13.6. The summed E-state index contributed by atoms with van der Waals surface area (Å²) in [6.07, 6.45) is 0.619. The van der Waals surface area contributed by atoms with Crippen LogP contribution in [0, 0.1) is 0 Å². The van der Waals surface area contributed by atoms with Crippen LogP contribution in [-0.4, -0.2) is 20.4 Å². The first-order chi connectivity index (χ1) is 12.1. The lowest BCUT2D eigenvalue weighted by Gasteiger charge is -2.05. The van der Waals surface area contributed by atoms with Crippen LogP contribution in [0.15, 0.2) is 39.9 Å². The molecule has 0 bridgehead atoms. The Morgan fingerprint density at radius 2 is 1.58 bits per heavy atom. The van der Waals surface area contributed by atoms with E-state index in [2.05, 4.69) is 38.7 Å². The van der Waals surface area contributed by atoms with Crippen LogP contribution in [-0.2, 0) is 18.7 Å². The normalized spacial score (nSPS) is 11.1. The number of nitrogens with zero attached hydrogens (tertiary/aromatic N) is 2. The van der Waals surface area contributed by atoms with Crippen molar-refractivity contribution in [3.8, 4) is 11.3 Å². The molecule has 0 spiro atoms. The third-order valence-electron chi connectivity index (χ3n) is 3.61. The third kappa shape index (κ3) is 4.30. The summed E-state index contributed by atoms with van der Waals surface area (Å²) >= 11 is 13.8. The molecule has 0 saturated carbocycles. The van der Waals surface area contributed by atoms with Crippen LogP contribution in [0.4, 0.5) is 0 Å². The number of hydrogen-bond acceptors (Lipinski definition) is 4. The van der Waals surface area contributed by atoms with Gasteiger partial charge in [-0.2, -0.15) is 0 Å². The van der Waals surface area contributed by atoms with Crippen molar-refractivity contribution in [1.29, 1.82) is 0 Å². The molecule has 0 fully saturated rings. The van der Waals surface area contributed by atoms with Crippen molar-refractivity contribution in [2.75, 3.05) is 0 Å². The number of halogens is 3. The summed E-state index contributed by atoms with van der Waals surface area (Å²) in [5, 5.41) is -2.88. The lowest BCUT2D eigenvalue weighted by Crippen LogP contribution is -2.36. The molecule has 26 heavy (non-hydrogen) atoms. The van der Waals surface area contributed by atoms with Gasteiger partial charge >= 0.3 is 10.9 Å². The molecule has 3 rings (SSSR count). The van der Waals surface area contributed by atoms with E-state index in [1.807, 2.05) is 30.3 Å². The molecule has 0 atom stereocenters. The van der Waals surface area contributed by atoms with E-state index < -0.39 is 16.4 Å². The number of carbonyl (C=O) groups excluding carboxylic acids is 1. The number of nitrogens with one attached hydrogen (secondary N) is 1. The van der Waals surface area contributed by atoms with Gasteiger partial charge < -0.3 is 4.98 Å². The number of hydrogen-bond donors (Lipinski definition) is 1. The Hall–Kier alpha value is -1.79. The molecule has 0 amide bonds. The predicted octanol–water partition coefficient (Wildman–Crippen LogP) is 3.86. The Labute approximate surface area is 161 Å². The molecule has 0 radical (unpaired) electrons. The second kappa shape index (κ2) is 7.84. The lowest BCUT2D eigenvalue weighted by molar-refractivity contribution is 0.112. The number of benzene rings is 1. The second-order valence-electron chi connectivity index (χ2n) is 5.23. The molecule has 0 aliphatic carbocycles. The highest BCUT2D eigenvalue weighted by atomic mass is 36.0. The molecule has 1 N–H and O–H groups in total. The number of fused-ring (bicyclic) bond motifs is 1. The van der Waals surface area contributed by atoms with Crippen molar-refractivity contribution in [3.63, 3.8) is 0 Å². The predicted molar refractivity (Wildman–Crippen MR) is 105 cm³/mol. The van der Waals surface area contributed by atoms with Crippen molar-refractivity contribution >= 4 is 56.1 Å². The number of carbonyl (C=O) groups is 1. The quantitative estimate of drug-likeness (QED) is 0.488. The molecule has 0 aliphatic heterocycles. The highest BCUT2D eigenvalue weighted by Gasteiger charge is 2.19. The van der Waals surface area contributed by atoms with Crippen molar-refractivity contribution in [2.24, 2.45) is 14.1 Å². The Morgan fingerprint density at radius 1 is 1.04 bits per heavy atom. The largest absolute Gasteiger partial charge is 0.350 e. The first-order valence-corrected chi connectivity index (χ1v) is 11.5. The fraction of sp³-hybridized carbons (Fsp3) is 0.133. The summed E-state index contributed by atoms with van der Waals surface area (Å²) in [6.45, 7) is 0. The standard InChI is InChI=1S/C15H13N3O3.Cl3OP/c1-17-13-10(8-19)16-12(9-6-4-3-5-7-9)11(13)14(20)18(2)15(17)21;1-5(2,3)4/h3-8,16H,1-2H3;. The first-order valence-electron chi connectivity index (χ1n) is 7.07. The molecule has 0 unspecified atom stereocenters. The average molecular weight is 437 g/mol. The number of aryl methyl sites for hydroxylation is 1. The summed E-state index contributed by atoms with van der Waals surface area (Å²) in [7, 11) is 2.96. The van der Waals surface area contributed by atoms with E-state index in [1.54, 1.807) is 7.05 Å². The topological polar surface area (TPSA) is 93.9 Å². The van der Waals surface area contributed by atoms with Crippen LogP contribution < -0.4 is 11.2 Å². The molecule has 138 valence electrons. The zero-order valence-corrected chi connectivity index (χ0v) is 16.7. The molecule has 0 aliphatic rings. The minimum absolute atomic E-state index is 0.223. The SMILES string of the molecule is Cn1c(=O)c2c(-c3ccccc3)[nH]c(C=O)c2n(C)c1=O.O=P(Cl)(Cl)Cl. The van der Waals surface area contributed by atoms with Crippen molar-refractivity contribution in [2.45, 2.75) is 0 Å². The molecule has 0 saturated heterocycles. The van der Waals surface area contributed by atoms with Gasteiger partial charge in [-0.25, -0.2) is 4.79 Å². The third-order valence-corrected chi connectivity index (χ3v) is 3.61. The molecule has 1 aromatic carbocycles. The van der Waals surface area contributed by atoms with Crippen molar-refractivity contribution in [1.82, 2.24) is 14.1 Å². The molecule has 2 aromatic heterocycles. The summed E-state index contributed by atoms with van der Waals surface area (Å²) in [5.74, 6) is 0. The maximum atomic E-state index is 12.4. The van der Waals surface area contributed by atoms with E-state index >= 15 is 0 Å². The fourth-order valence-corrected chi connectivity index (χ4v) is 2.55. The molecule has 11 heteroatoms. The minimum atomic E-state index is -3.22. The van der Waals surface area contributed by atoms with Gasteiger partial charge in [-0.05, 0) is 39.3 Å². The fourth-order valence-electron chi connectivity index (χ4n) is 2.55. The van der Waals surface area contributed by atoms with E-state index in [0.29, 0.717) is 22.9 Å². The van der Waals surface area contributed by atoms with Crippen LogP contribution in [0.3, 0.4) is 0 Å². The number of aldehydes is 1. The molecular formula is C15H13Cl3N3O4P. The molecule has 3 aromatic rings. The van der Waals surface area contributed by atoms with E-state index in [4.69, 9.17) is 0 Å². The summed E-state index contributed by atoms with van der Waals surface area (Å²) in [6, 6.07) is 9.22. The Morgan fingerprint density at radius 3 is 2.08 bits per heavy atom. The van der Waals surface area contributed by atoms with Crippen LogP contribution in [0.2, 0.25) is 0 Å². The maximum Gasteiger partial charge on any atom is 0.339 e. The Bertz CT molecular complexity index is 1120. The van der Waals surface area contributed by atoms with Crippen LogP contribution in [0.5, 0.6) is 0 Å². The maximum absolute atomic E-state index is 12.4.